The lowest BCUT2D eigenvalue weighted by Gasteiger charge is -2.04. The third-order valence-electron chi connectivity index (χ3n) is 3.13. The number of rotatable bonds is 4. The number of nitrogens with zero attached hydrogens (tertiary/aromatic N) is 4. The van der Waals surface area contributed by atoms with Gasteiger partial charge in [-0.1, -0.05) is 23.9 Å². The van der Waals surface area contributed by atoms with Crippen LogP contribution in [0.5, 0.6) is 0 Å². The van der Waals surface area contributed by atoms with Gasteiger partial charge in [-0.3, -0.25) is 0 Å². The minimum absolute atomic E-state index is 0.218. The topological polar surface area (TPSA) is 43.6 Å². The molecule has 2 heterocycles. The highest BCUT2D eigenvalue weighted by Gasteiger charge is 2.06. The normalized spacial score (nSPS) is 10.9. The number of hydrogen-bond acceptors (Lipinski definition) is 4. The smallest absolute Gasteiger partial charge is 0.175 e. The Bertz CT molecular complexity index is 783. The predicted octanol–water partition coefficient (Wildman–Crippen LogP) is 3.71. The molecule has 3 rings (SSSR count). The van der Waals surface area contributed by atoms with E-state index in [0.29, 0.717) is 11.6 Å². The first-order valence-corrected chi connectivity index (χ1v) is 7.85. The summed E-state index contributed by atoms with van der Waals surface area (Å²) in [5, 5.41) is 13.6. The molecule has 0 aliphatic rings. The van der Waals surface area contributed by atoms with E-state index in [2.05, 4.69) is 15.3 Å². The first kappa shape index (κ1) is 14.7. The van der Waals surface area contributed by atoms with Gasteiger partial charge in [-0.25, -0.2) is 9.07 Å². The molecule has 3 aromatic rings. The van der Waals surface area contributed by atoms with Crippen LogP contribution in [0.15, 0.2) is 47.5 Å². The lowest BCUT2D eigenvalue weighted by molar-refractivity contribution is 0.626. The van der Waals surface area contributed by atoms with Gasteiger partial charge in [-0.2, -0.15) is 5.10 Å². The molecule has 0 fully saturated rings. The second kappa shape index (κ2) is 6.27. The molecule has 6 heteroatoms. The van der Waals surface area contributed by atoms with Crippen LogP contribution in [0.4, 0.5) is 4.39 Å². The van der Waals surface area contributed by atoms with E-state index < -0.39 is 0 Å². The summed E-state index contributed by atoms with van der Waals surface area (Å²) in [6.07, 6.45) is 0. The van der Waals surface area contributed by atoms with E-state index in [1.54, 1.807) is 10.7 Å². The Kier molecular flexibility index (Phi) is 4.20. The van der Waals surface area contributed by atoms with Crippen LogP contribution in [0.2, 0.25) is 0 Å². The van der Waals surface area contributed by atoms with Crippen LogP contribution in [0.3, 0.4) is 0 Å². The summed E-state index contributed by atoms with van der Waals surface area (Å²) >= 11 is 1.53. The first-order valence-electron chi connectivity index (χ1n) is 6.86. The molecule has 1 aromatic carbocycles. The van der Waals surface area contributed by atoms with Gasteiger partial charge >= 0.3 is 0 Å². The van der Waals surface area contributed by atoms with Gasteiger partial charge in [0.1, 0.15) is 10.8 Å². The maximum atomic E-state index is 13.1. The van der Waals surface area contributed by atoms with E-state index in [-0.39, 0.29) is 5.82 Å². The maximum Gasteiger partial charge on any atom is 0.175 e. The van der Waals surface area contributed by atoms with Crippen molar-refractivity contribution < 1.29 is 4.39 Å². The van der Waals surface area contributed by atoms with Crippen LogP contribution < -0.4 is 0 Å². The van der Waals surface area contributed by atoms with Crippen molar-refractivity contribution in [1.82, 2.24) is 20.0 Å². The molecular weight excluding hydrogens is 299 g/mol. The van der Waals surface area contributed by atoms with Crippen molar-refractivity contribution in [1.29, 1.82) is 0 Å². The summed E-state index contributed by atoms with van der Waals surface area (Å²) < 4.78 is 14.9. The van der Waals surface area contributed by atoms with Crippen LogP contribution in [-0.2, 0) is 5.75 Å². The molecule has 0 atom stereocenters. The van der Waals surface area contributed by atoms with Gasteiger partial charge in [-0.05, 0) is 49.7 Å². The molecule has 2 aromatic heterocycles. The Morgan fingerprint density at radius 3 is 2.59 bits per heavy atom. The lowest BCUT2D eigenvalue weighted by atomic mass is 10.2. The molecule has 0 saturated heterocycles. The zero-order valence-corrected chi connectivity index (χ0v) is 13.1. The van der Waals surface area contributed by atoms with Crippen LogP contribution in [-0.4, -0.2) is 20.0 Å². The fraction of sp³-hybridized carbons (Fsp3) is 0.188. The minimum atomic E-state index is -0.218. The van der Waals surface area contributed by atoms with Crippen molar-refractivity contribution in [3.63, 3.8) is 0 Å². The van der Waals surface area contributed by atoms with E-state index in [0.717, 1.165) is 22.0 Å². The molecule has 0 unspecified atom stereocenters. The Hall–Kier alpha value is -2.21. The van der Waals surface area contributed by atoms with Crippen molar-refractivity contribution >= 4 is 11.8 Å². The molecule has 112 valence electrons. The molecule has 22 heavy (non-hydrogen) atoms. The number of thioether (sulfide) groups is 1. The number of aryl methyl sites for hydroxylation is 2. The zero-order valence-electron chi connectivity index (χ0n) is 12.3. The van der Waals surface area contributed by atoms with E-state index in [9.17, 15) is 4.39 Å². The van der Waals surface area contributed by atoms with Crippen molar-refractivity contribution in [3.05, 3.63) is 65.2 Å². The summed E-state index contributed by atoms with van der Waals surface area (Å²) in [6, 6.07) is 12.4. The van der Waals surface area contributed by atoms with E-state index in [1.165, 1.54) is 23.9 Å². The Labute approximate surface area is 132 Å². The maximum absolute atomic E-state index is 13.1. The number of benzene rings is 1. The van der Waals surface area contributed by atoms with Crippen molar-refractivity contribution in [3.8, 4) is 5.82 Å². The summed E-state index contributed by atoms with van der Waals surface area (Å²) in [4.78, 5) is 0. The van der Waals surface area contributed by atoms with Crippen molar-refractivity contribution in [2.75, 3.05) is 0 Å². The average molecular weight is 314 g/mol. The zero-order chi connectivity index (χ0) is 15.5. The van der Waals surface area contributed by atoms with Gasteiger partial charge in [0.15, 0.2) is 5.82 Å². The summed E-state index contributed by atoms with van der Waals surface area (Å²) in [7, 11) is 0. The molecule has 0 radical (unpaired) electrons. The average Bonchev–Trinajstić information content (AvgIpc) is 2.84. The van der Waals surface area contributed by atoms with E-state index >= 15 is 0 Å². The largest absolute Gasteiger partial charge is 0.218 e. The molecule has 4 nitrogen and oxygen atoms in total. The molecule has 0 saturated carbocycles. The lowest BCUT2D eigenvalue weighted by Crippen LogP contribution is -2.03. The molecule has 0 bridgehead atoms. The highest BCUT2D eigenvalue weighted by molar-refractivity contribution is 7.98. The minimum Gasteiger partial charge on any atom is -0.218 e. The predicted molar refractivity (Wildman–Crippen MR) is 84.6 cm³/mol. The van der Waals surface area contributed by atoms with Crippen LogP contribution in [0.25, 0.3) is 5.82 Å². The second-order valence-corrected chi connectivity index (χ2v) is 5.98. The Balaban J connectivity index is 1.70. The standard InChI is InChI=1S/C16H15FN4S/c1-11-8-12(2)21(20-11)15-6-7-16(19-18-15)22-10-13-4-3-5-14(17)9-13/h3-9H,10H2,1-2H3. The third kappa shape index (κ3) is 3.33. The quantitative estimate of drug-likeness (QED) is 0.689. The van der Waals surface area contributed by atoms with Gasteiger partial charge in [0.2, 0.25) is 0 Å². The van der Waals surface area contributed by atoms with Crippen molar-refractivity contribution in [2.24, 2.45) is 0 Å². The third-order valence-corrected chi connectivity index (χ3v) is 4.12. The summed E-state index contributed by atoms with van der Waals surface area (Å²) in [5.41, 5.74) is 2.89. The molecular formula is C16H15FN4S. The first-order chi connectivity index (χ1) is 10.6. The summed E-state index contributed by atoms with van der Waals surface area (Å²) in [5.74, 6) is 1.14. The van der Waals surface area contributed by atoms with Crippen LogP contribution in [0, 0.1) is 19.7 Å². The van der Waals surface area contributed by atoms with Gasteiger partial charge in [0, 0.05) is 11.4 Å². The monoisotopic (exact) mass is 314 g/mol. The number of hydrogen-bond donors (Lipinski definition) is 0. The Morgan fingerprint density at radius 2 is 1.95 bits per heavy atom. The Morgan fingerprint density at radius 1 is 1.09 bits per heavy atom. The van der Waals surface area contributed by atoms with Crippen LogP contribution in [0.1, 0.15) is 17.0 Å². The van der Waals surface area contributed by atoms with Gasteiger partial charge in [0.25, 0.3) is 0 Å². The molecule has 0 spiro atoms. The molecule has 0 aliphatic heterocycles. The highest BCUT2D eigenvalue weighted by Crippen LogP contribution is 2.21. The van der Waals surface area contributed by atoms with E-state index in [1.807, 2.05) is 38.1 Å². The fourth-order valence-electron chi connectivity index (χ4n) is 2.15. The van der Waals surface area contributed by atoms with E-state index in [4.69, 9.17) is 0 Å². The van der Waals surface area contributed by atoms with Gasteiger partial charge in [0.05, 0.1) is 5.69 Å². The molecule has 0 aliphatic carbocycles. The highest BCUT2D eigenvalue weighted by atomic mass is 32.2. The van der Waals surface area contributed by atoms with Crippen LogP contribution >= 0.6 is 11.8 Å². The number of halogens is 1. The van der Waals surface area contributed by atoms with Gasteiger partial charge in [-0.15, -0.1) is 10.2 Å². The molecule has 0 N–H and O–H groups in total. The second-order valence-electron chi connectivity index (χ2n) is 4.99. The van der Waals surface area contributed by atoms with Gasteiger partial charge < -0.3 is 0 Å². The summed E-state index contributed by atoms with van der Waals surface area (Å²) in [6.45, 7) is 3.93. The van der Waals surface area contributed by atoms with Crippen molar-refractivity contribution in [2.45, 2.75) is 24.6 Å². The molecule has 0 amide bonds. The number of aromatic nitrogens is 4. The SMILES string of the molecule is Cc1cc(C)n(-c2ccc(SCc3cccc(F)c3)nn2)n1. The fourth-order valence-corrected chi connectivity index (χ4v) is 2.90.